The van der Waals surface area contributed by atoms with Crippen molar-refractivity contribution in [1.82, 2.24) is 4.98 Å². The molecule has 5 nitrogen and oxygen atoms in total. The number of fused-ring (bicyclic) bond motifs is 1. The number of hydrogen-bond donors (Lipinski definition) is 1. The highest BCUT2D eigenvalue weighted by Crippen LogP contribution is 2.25. The van der Waals surface area contributed by atoms with Crippen molar-refractivity contribution in [3.05, 3.63) is 53.9 Å². The maximum Gasteiger partial charge on any atom is 0.261 e. The van der Waals surface area contributed by atoms with Crippen LogP contribution < -0.4 is 4.72 Å². The van der Waals surface area contributed by atoms with Crippen molar-refractivity contribution >= 4 is 26.8 Å². The van der Waals surface area contributed by atoms with Gasteiger partial charge in [0.15, 0.2) is 11.5 Å². The summed E-state index contributed by atoms with van der Waals surface area (Å²) in [6.07, 6.45) is 0. The third-order valence-electron chi connectivity index (χ3n) is 3.10. The van der Waals surface area contributed by atoms with Gasteiger partial charge in [0, 0.05) is 6.92 Å². The fraction of sp³-hybridized carbons (Fsp3) is 0.133. The minimum absolute atomic E-state index is 0.213. The van der Waals surface area contributed by atoms with Gasteiger partial charge in [0.25, 0.3) is 10.0 Å². The maximum atomic E-state index is 12.4. The number of nitrogens with zero attached hydrogens (tertiary/aromatic N) is 1. The molecule has 21 heavy (non-hydrogen) atoms. The van der Waals surface area contributed by atoms with E-state index in [4.69, 9.17) is 4.42 Å². The van der Waals surface area contributed by atoms with E-state index >= 15 is 0 Å². The Balaban J connectivity index is 2.03. The van der Waals surface area contributed by atoms with Crippen LogP contribution in [-0.2, 0) is 10.0 Å². The summed E-state index contributed by atoms with van der Waals surface area (Å²) >= 11 is 0. The summed E-state index contributed by atoms with van der Waals surface area (Å²) in [7, 11) is -3.64. The van der Waals surface area contributed by atoms with Crippen molar-refractivity contribution < 1.29 is 12.8 Å². The highest BCUT2D eigenvalue weighted by Gasteiger charge is 2.17. The van der Waals surface area contributed by atoms with Crippen LogP contribution in [0.1, 0.15) is 11.5 Å². The van der Waals surface area contributed by atoms with Crippen LogP contribution in [0.15, 0.2) is 51.8 Å². The van der Waals surface area contributed by atoms with Crippen LogP contribution in [0.5, 0.6) is 0 Å². The van der Waals surface area contributed by atoms with Crippen molar-refractivity contribution in [3.63, 3.8) is 0 Å². The Hall–Kier alpha value is -2.34. The van der Waals surface area contributed by atoms with Crippen LogP contribution >= 0.6 is 0 Å². The Morgan fingerprint density at radius 2 is 1.76 bits per heavy atom. The first-order valence-electron chi connectivity index (χ1n) is 6.41. The number of anilines is 1. The summed E-state index contributed by atoms with van der Waals surface area (Å²) < 4.78 is 32.7. The van der Waals surface area contributed by atoms with Gasteiger partial charge in [-0.2, -0.15) is 0 Å². The number of hydrogen-bond acceptors (Lipinski definition) is 4. The molecule has 1 N–H and O–H groups in total. The first kappa shape index (κ1) is 13.6. The molecule has 0 aliphatic carbocycles. The molecule has 0 spiro atoms. The Morgan fingerprint density at radius 3 is 2.48 bits per heavy atom. The summed E-state index contributed by atoms with van der Waals surface area (Å²) in [6.45, 7) is 3.63. The maximum absolute atomic E-state index is 12.4. The molecule has 0 saturated heterocycles. The van der Waals surface area contributed by atoms with Gasteiger partial charge in [-0.3, -0.25) is 4.72 Å². The molecule has 0 radical (unpaired) electrons. The number of aryl methyl sites for hydroxylation is 2. The first-order chi connectivity index (χ1) is 9.95. The molecule has 1 aromatic heterocycles. The standard InChI is InChI=1S/C15H14N2O3S/c1-10-6-8-12(9-7-10)21(18,19)17-13-4-3-5-14-15(13)16-11(2)20-14/h3-9,17H,1-2H3. The molecule has 0 aliphatic rings. The van der Waals surface area contributed by atoms with E-state index in [-0.39, 0.29) is 4.90 Å². The van der Waals surface area contributed by atoms with Crippen LogP contribution in [0.4, 0.5) is 5.69 Å². The average molecular weight is 302 g/mol. The normalized spacial score (nSPS) is 11.7. The lowest BCUT2D eigenvalue weighted by atomic mass is 10.2. The zero-order valence-corrected chi connectivity index (χ0v) is 12.4. The SMILES string of the molecule is Cc1ccc(S(=O)(=O)Nc2cccc3oc(C)nc23)cc1. The lowest BCUT2D eigenvalue weighted by Gasteiger charge is -2.08. The van der Waals surface area contributed by atoms with Crippen LogP contribution in [-0.4, -0.2) is 13.4 Å². The van der Waals surface area contributed by atoms with Gasteiger partial charge >= 0.3 is 0 Å². The van der Waals surface area contributed by atoms with E-state index in [2.05, 4.69) is 9.71 Å². The molecule has 108 valence electrons. The predicted molar refractivity (Wildman–Crippen MR) is 80.7 cm³/mol. The van der Waals surface area contributed by atoms with Crippen molar-refractivity contribution in [3.8, 4) is 0 Å². The number of para-hydroxylation sites is 1. The van der Waals surface area contributed by atoms with E-state index < -0.39 is 10.0 Å². The van der Waals surface area contributed by atoms with E-state index in [9.17, 15) is 8.42 Å². The summed E-state index contributed by atoms with van der Waals surface area (Å²) in [5, 5.41) is 0. The molecule has 0 unspecified atom stereocenters. The van der Waals surface area contributed by atoms with Gasteiger partial charge in [-0.05, 0) is 31.2 Å². The molecule has 6 heteroatoms. The molecule has 0 amide bonds. The lowest BCUT2D eigenvalue weighted by molar-refractivity contribution is 0.561. The zero-order chi connectivity index (χ0) is 15.0. The third kappa shape index (κ3) is 2.62. The van der Waals surface area contributed by atoms with Crippen molar-refractivity contribution in [2.45, 2.75) is 18.7 Å². The topological polar surface area (TPSA) is 72.2 Å². The second-order valence-electron chi connectivity index (χ2n) is 4.80. The summed E-state index contributed by atoms with van der Waals surface area (Å²) in [4.78, 5) is 4.42. The minimum Gasteiger partial charge on any atom is -0.441 e. The monoisotopic (exact) mass is 302 g/mol. The molecule has 0 fully saturated rings. The van der Waals surface area contributed by atoms with Gasteiger partial charge in [0.2, 0.25) is 0 Å². The molecular formula is C15H14N2O3S. The fourth-order valence-corrected chi connectivity index (χ4v) is 3.13. The number of rotatable bonds is 3. The predicted octanol–water partition coefficient (Wildman–Crippen LogP) is 3.25. The third-order valence-corrected chi connectivity index (χ3v) is 4.48. The van der Waals surface area contributed by atoms with Crippen LogP contribution in [0.2, 0.25) is 0 Å². The minimum atomic E-state index is -3.64. The lowest BCUT2D eigenvalue weighted by Crippen LogP contribution is -2.13. The quantitative estimate of drug-likeness (QED) is 0.806. The van der Waals surface area contributed by atoms with Crippen LogP contribution in [0, 0.1) is 13.8 Å². The largest absolute Gasteiger partial charge is 0.441 e. The summed E-state index contributed by atoms with van der Waals surface area (Å²) in [5.74, 6) is 0.493. The van der Waals surface area contributed by atoms with Gasteiger partial charge in [-0.1, -0.05) is 23.8 Å². The highest BCUT2D eigenvalue weighted by molar-refractivity contribution is 7.92. The molecule has 1 heterocycles. The highest BCUT2D eigenvalue weighted by atomic mass is 32.2. The van der Waals surface area contributed by atoms with Gasteiger partial charge in [0.1, 0.15) is 5.52 Å². The number of sulfonamides is 1. The zero-order valence-electron chi connectivity index (χ0n) is 11.6. The Morgan fingerprint density at radius 1 is 1.05 bits per heavy atom. The smallest absolute Gasteiger partial charge is 0.261 e. The van der Waals surface area contributed by atoms with Crippen molar-refractivity contribution in [1.29, 1.82) is 0 Å². The summed E-state index contributed by atoms with van der Waals surface area (Å²) in [5.41, 5.74) is 2.47. The molecule has 0 saturated carbocycles. The second kappa shape index (κ2) is 4.89. The van der Waals surface area contributed by atoms with E-state index in [1.165, 1.54) is 0 Å². The fourth-order valence-electron chi connectivity index (χ4n) is 2.06. The molecule has 0 aliphatic heterocycles. The van der Waals surface area contributed by atoms with Gasteiger partial charge in [-0.15, -0.1) is 0 Å². The number of oxazole rings is 1. The number of nitrogens with one attached hydrogen (secondary N) is 1. The van der Waals surface area contributed by atoms with Gasteiger partial charge < -0.3 is 4.42 Å². The first-order valence-corrected chi connectivity index (χ1v) is 7.90. The molecule has 3 rings (SSSR count). The number of benzene rings is 2. The van der Waals surface area contributed by atoms with Gasteiger partial charge in [0.05, 0.1) is 10.6 Å². The molecule has 0 atom stereocenters. The summed E-state index contributed by atoms with van der Waals surface area (Å²) in [6, 6.07) is 11.8. The van der Waals surface area contributed by atoms with E-state index in [0.29, 0.717) is 22.7 Å². The second-order valence-corrected chi connectivity index (χ2v) is 6.49. The average Bonchev–Trinajstić information content (AvgIpc) is 2.80. The van der Waals surface area contributed by atoms with Crippen LogP contribution in [0.25, 0.3) is 11.1 Å². The Kier molecular flexibility index (Phi) is 3.17. The van der Waals surface area contributed by atoms with Crippen molar-refractivity contribution in [2.75, 3.05) is 4.72 Å². The van der Waals surface area contributed by atoms with Crippen molar-refractivity contribution in [2.24, 2.45) is 0 Å². The molecule has 3 aromatic rings. The van der Waals surface area contributed by atoms with Crippen LogP contribution in [0.3, 0.4) is 0 Å². The van der Waals surface area contributed by atoms with E-state index in [1.54, 1.807) is 49.4 Å². The van der Waals surface area contributed by atoms with E-state index in [0.717, 1.165) is 5.56 Å². The Labute approximate surface area is 122 Å². The van der Waals surface area contributed by atoms with Gasteiger partial charge in [-0.25, -0.2) is 13.4 Å². The molecule has 0 bridgehead atoms. The number of aromatic nitrogens is 1. The van der Waals surface area contributed by atoms with E-state index in [1.807, 2.05) is 6.92 Å². The molecular weight excluding hydrogens is 288 g/mol. The Bertz CT molecular complexity index is 896. The molecule has 2 aromatic carbocycles.